The van der Waals surface area contributed by atoms with E-state index in [4.69, 9.17) is 23.7 Å². The number of anilines is 1. The normalized spacial score (nSPS) is 14.4. The van der Waals surface area contributed by atoms with Gasteiger partial charge in [-0.3, -0.25) is 4.79 Å². The fourth-order valence-corrected chi connectivity index (χ4v) is 2.50. The van der Waals surface area contributed by atoms with Crippen molar-refractivity contribution in [3.8, 4) is 0 Å². The van der Waals surface area contributed by atoms with Gasteiger partial charge in [-0.05, 0) is 51.2 Å². The molecule has 0 saturated carbocycles. The molecule has 0 spiro atoms. The van der Waals surface area contributed by atoms with E-state index in [1.54, 1.807) is 13.8 Å². The van der Waals surface area contributed by atoms with Crippen LogP contribution in [0.15, 0.2) is 6.07 Å². The predicted octanol–water partition coefficient (Wildman–Crippen LogP) is 1.52. The summed E-state index contributed by atoms with van der Waals surface area (Å²) in [6.07, 6.45) is 4.32. The number of nitrogens with one attached hydrogen (secondary N) is 1. The molecule has 114 valence electrons. The Morgan fingerprint density at radius 1 is 1.38 bits per heavy atom. The number of pyridine rings is 1. The number of amides is 1. The highest BCUT2D eigenvalue weighted by atomic mass is 32.1. The molecule has 1 aromatic rings. The fraction of sp³-hybridized carbons (Fsp3) is 0.533. The summed E-state index contributed by atoms with van der Waals surface area (Å²) in [5.41, 5.74) is 13.6. The molecule has 6 heteroatoms. The van der Waals surface area contributed by atoms with E-state index >= 15 is 0 Å². The van der Waals surface area contributed by atoms with E-state index in [1.165, 1.54) is 12.0 Å². The lowest BCUT2D eigenvalue weighted by atomic mass is 9.92. The molecule has 0 aliphatic heterocycles. The minimum atomic E-state index is -0.662. The Labute approximate surface area is 130 Å². The molecule has 5 nitrogen and oxygen atoms in total. The van der Waals surface area contributed by atoms with Gasteiger partial charge in [0, 0.05) is 12.2 Å². The number of aryl methyl sites for hydroxylation is 2. The first-order valence-corrected chi connectivity index (χ1v) is 7.58. The van der Waals surface area contributed by atoms with Gasteiger partial charge in [0.05, 0.1) is 11.0 Å². The van der Waals surface area contributed by atoms with Gasteiger partial charge in [-0.2, -0.15) is 0 Å². The summed E-state index contributed by atoms with van der Waals surface area (Å²) in [4.78, 5) is 16.4. The first kappa shape index (κ1) is 15.7. The molecule has 0 saturated heterocycles. The maximum Gasteiger partial charge on any atom is 0.224 e. The average Bonchev–Trinajstić information content (AvgIpc) is 2.43. The number of rotatable bonds is 5. The van der Waals surface area contributed by atoms with Crippen LogP contribution in [-0.2, 0) is 17.6 Å². The molecule has 0 atom stereocenters. The number of fused-ring (bicyclic) bond motifs is 1. The van der Waals surface area contributed by atoms with Crippen molar-refractivity contribution in [1.29, 1.82) is 0 Å². The van der Waals surface area contributed by atoms with Crippen molar-refractivity contribution < 1.29 is 4.79 Å². The van der Waals surface area contributed by atoms with E-state index in [9.17, 15) is 4.79 Å². The topological polar surface area (TPSA) is 94.0 Å². The van der Waals surface area contributed by atoms with Gasteiger partial charge in [-0.1, -0.05) is 12.2 Å². The summed E-state index contributed by atoms with van der Waals surface area (Å²) >= 11 is 5.12. The maximum atomic E-state index is 11.4. The molecule has 21 heavy (non-hydrogen) atoms. The first-order valence-electron chi connectivity index (χ1n) is 7.17. The van der Waals surface area contributed by atoms with Gasteiger partial charge < -0.3 is 16.8 Å². The van der Waals surface area contributed by atoms with Crippen LogP contribution in [-0.4, -0.2) is 22.4 Å². The van der Waals surface area contributed by atoms with Crippen LogP contribution in [0.5, 0.6) is 0 Å². The zero-order valence-electron chi connectivity index (χ0n) is 12.5. The largest absolute Gasteiger partial charge is 0.389 e. The molecular formula is C15H22N4OS. The number of thiocarbonyl (C=S) groups is 1. The third kappa shape index (κ3) is 3.50. The van der Waals surface area contributed by atoms with E-state index in [0.717, 1.165) is 30.5 Å². The Kier molecular flexibility index (Phi) is 4.46. The summed E-state index contributed by atoms with van der Waals surface area (Å²) in [6.45, 7) is 3.98. The van der Waals surface area contributed by atoms with Crippen LogP contribution in [0.1, 0.15) is 43.5 Å². The highest BCUT2D eigenvalue weighted by Crippen LogP contribution is 2.25. The van der Waals surface area contributed by atoms with Gasteiger partial charge in [0.25, 0.3) is 0 Å². The molecule has 1 heterocycles. The molecule has 0 aromatic carbocycles. The van der Waals surface area contributed by atoms with Gasteiger partial charge in [0.2, 0.25) is 5.91 Å². The Hall–Kier alpha value is -1.69. The van der Waals surface area contributed by atoms with E-state index in [2.05, 4.69) is 10.3 Å². The number of aromatic nitrogens is 1. The van der Waals surface area contributed by atoms with E-state index in [-0.39, 0.29) is 5.91 Å². The van der Waals surface area contributed by atoms with Crippen LogP contribution >= 0.6 is 12.2 Å². The summed E-state index contributed by atoms with van der Waals surface area (Å²) in [6, 6.07) is 2.03. The lowest BCUT2D eigenvalue weighted by Gasteiger charge is -2.24. The maximum absolute atomic E-state index is 11.4. The second-order valence-electron chi connectivity index (χ2n) is 6.16. The molecule has 5 N–H and O–H groups in total. The lowest BCUT2D eigenvalue weighted by Crippen LogP contribution is -2.38. The molecule has 1 amide bonds. The Bertz CT molecular complexity index is 583. The summed E-state index contributed by atoms with van der Waals surface area (Å²) in [7, 11) is 0. The Morgan fingerprint density at radius 2 is 2.05 bits per heavy atom. The smallest absolute Gasteiger partial charge is 0.224 e. The van der Waals surface area contributed by atoms with Crippen molar-refractivity contribution in [3.05, 3.63) is 22.9 Å². The number of nitrogens with two attached hydrogens (primary N) is 2. The Balaban J connectivity index is 2.29. The minimum absolute atomic E-state index is 0.315. The monoisotopic (exact) mass is 306 g/mol. The number of carbonyl (C=O) groups excluding carboxylic acids is 1. The van der Waals surface area contributed by atoms with Gasteiger partial charge in [0.15, 0.2) is 0 Å². The van der Waals surface area contributed by atoms with E-state index in [0.29, 0.717) is 17.4 Å². The molecule has 1 aliphatic rings. The quantitative estimate of drug-likeness (QED) is 0.717. The number of hydrogen-bond acceptors (Lipinski definition) is 4. The molecule has 1 aromatic heterocycles. The number of primary amides is 1. The fourth-order valence-electron chi connectivity index (χ4n) is 2.35. The second-order valence-corrected chi connectivity index (χ2v) is 6.60. The SMILES string of the molecule is CC(C)(CNc1nc2c(cc1C(N)=S)CCCC2)C(N)=O. The number of hydrogen-bond donors (Lipinski definition) is 3. The molecule has 0 bridgehead atoms. The van der Waals surface area contributed by atoms with Crippen molar-refractivity contribution in [2.75, 3.05) is 11.9 Å². The first-order chi connectivity index (χ1) is 9.81. The summed E-state index contributed by atoms with van der Waals surface area (Å²) < 4.78 is 0. The van der Waals surface area contributed by atoms with Crippen LogP contribution in [0, 0.1) is 5.41 Å². The van der Waals surface area contributed by atoms with Gasteiger partial charge >= 0.3 is 0 Å². The highest BCUT2D eigenvalue weighted by molar-refractivity contribution is 7.80. The molecular weight excluding hydrogens is 284 g/mol. The molecule has 1 aliphatic carbocycles. The third-order valence-electron chi connectivity index (χ3n) is 3.93. The van der Waals surface area contributed by atoms with Crippen LogP contribution < -0.4 is 16.8 Å². The standard InChI is InChI=1S/C15H22N4OS/c1-15(2,14(17)20)8-18-13-10(12(16)21)7-9-5-3-4-6-11(9)19-13/h7H,3-6,8H2,1-2H3,(H2,16,21)(H2,17,20)(H,18,19). The highest BCUT2D eigenvalue weighted by Gasteiger charge is 2.25. The van der Waals surface area contributed by atoms with Crippen LogP contribution in [0.4, 0.5) is 5.82 Å². The van der Waals surface area contributed by atoms with Gasteiger partial charge in [-0.15, -0.1) is 0 Å². The van der Waals surface area contributed by atoms with Gasteiger partial charge in [-0.25, -0.2) is 4.98 Å². The van der Waals surface area contributed by atoms with Crippen molar-refractivity contribution in [3.63, 3.8) is 0 Å². The van der Waals surface area contributed by atoms with Crippen LogP contribution in [0.2, 0.25) is 0 Å². The zero-order valence-corrected chi connectivity index (χ0v) is 13.3. The minimum Gasteiger partial charge on any atom is -0.389 e. The molecule has 0 unspecified atom stereocenters. The molecule has 2 rings (SSSR count). The van der Waals surface area contributed by atoms with Crippen molar-refractivity contribution >= 4 is 28.9 Å². The predicted molar refractivity (Wildman–Crippen MR) is 88.2 cm³/mol. The summed E-state index contributed by atoms with van der Waals surface area (Å²) in [5, 5.41) is 3.19. The molecule has 0 fully saturated rings. The van der Waals surface area contributed by atoms with Crippen molar-refractivity contribution in [1.82, 2.24) is 4.98 Å². The summed E-state index contributed by atoms with van der Waals surface area (Å²) in [5.74, 6) is 0.294. The second kappa shape index (κ2) is 5.97. The average molecular weight is 306 g/mol. The van der Waals surface area contributed by atoms with Crippen molar-refractivity contribution in [2.45, 2.75) is 39.5 Å². The molecule has 0 radical (unpaired) electrons. The van der Waals surface area contributed by atoms with Crippen molar-refractivity contribution in [2.24, 2.45) is 16.9 Å². The lowest BCUT2D eigenvalue weighted by molar-refractivity contribution is -0.125. The van der Waals surface area contributed by atoms with E-state index < -0.39 is 5.41 Å². The number of nitrogens with zero attached hydrogens (tertiary/aromatic N) is 1. The Morgan fingerprint density at radius 3 is 2.67 bits per heavy atom. The van der Waals surface area contributed by atoms with Crippen LogP contribution in [0.25, 0.3) is 0 Å². The van der Waals surface area contributed by atoms with Crippen LogP contribution in [0.3, 0.4) is 0 Å². The third-order valence-corrected chi connectivity index (χ3v) is 4.15. The number of carbonyl (C=O) groups is 1. The van der Waals surface area contributed by atoms with E-state index in [1.807, 2.05) is 6.07 Å². The van der Waals surface area contributed by atoms with Gasteiger partial charge in [0.1, 0.15) is 10.8 Å². The zero-order chi connectivity index (χ0) is 15.6.